The minimum Gasteiger partial charge on any atom is -0.367 e. The molecule has 7 nitrogen and oxygen atoms in total. The van der Waals surface area contributed by atoms with Gasteiger partial charge in [-0.15, -0.1) is 0 Å². The first-order chi connectivity index (χ1) is 8.96. The number of aryl methyl sites for hydroxylation is 1. The van der Waals surface area contributed by atoms with E-state index in [1.807, 2.05) is 6.92 Å². The number of hydrogen-bond donors (Lipinski definition) is 1. The van der Waals surface area contributed by atoms with Crippen LogP contribution < -0.4 is 5.73 Å². The van der Waals surface area contributed by atoms with Gasteiger partial charge in [-0.3, -0.25) is 9.59 Å². The first-order valence-electron chi connectivity index (χ1n) is 6.15. The molecule has 0 aliphatic carbocycles. The normalized spacial score (nSPS) is 23.4. The lowest BCUT2D eigenvalue weighted by molar-refractivity contribution is -0.150. The average Bonchev–Trinajstić information content (AvgIpc) is 2.86. The molecule has 0 unspecified atom stereocenters. The van der Waals surface area contributed by atoms with E-state index in [0.717, 1.165) is 0 Å². The SMILES string of the molecule is CCc1cc(C(=O)N2CCO[C@](C)(C(N)=O)C2)no1. The zero-order chi connectivity index (χ0) is 14.0. The Balaban J connectivity index is 2.13. The standard InChI is InChI=1S/C12H17N3O4/c1-3-8-6-9(14-19-8)10(16)15-4-5-18-12(2,7-15)11(13)17/h6H,3-5,7H2,1-2H3,(H2,13,17)/t12-/m0/s1. The Morgan fingerprint density at radius 1 is 1.58 bits per heavy atom. The van der Waals surface area contributed by atoms with Gasteiger partial charge in [0.25, 0.3) is 11.8 Å². The number of rotatable bonds is 3. The van der Waals surface area contributed by atoms with Gasteiger partial charge in [0.15, 0.2) is 11.3 Å². The summed E-state index contributed by atoms with van der Waals surface area (Å²) in [4.78, 5) is 25.1. The first kappa shape index (κ1) is 13.5. The molecule has 0 radical (unpaired) electrons. The largest absolute Gasteiger partial charge is 0.367 e. The number of ether oxygens (including phenoxy) is 1. The molecule has 1 saturated heterocycles. The fourth-order valence-corrected chi connectivity index (χ4v) is 1.93. The van der Waals surface area contributed by atoms with Crippen molar-refractivity contribution in [2.45, 2.75) is 25.9 Å². The van der Waals surface area contributed by atoms with Crippen LogP contribution in [-0.2, 0) is 16.0 Å². The molecule has 104 valence electrons. The van der Waals surface area contributed by atoms with Gasteiger partial charge in [0.05, 0.1) is 13.2 Å². The average molecular weight is 267 g/mol. The Morgan fingerprint density at radius 2 is 2.32 bits per heavy atom. The van der Waals surface area contributed by atoms with Crippen LogP contribution in [0.3, 0.4) is 0 Å². The number of morpholine rings is 1. The number of nitrogens with zero attached hydrogens (tertiary/aromatic N) is 2. The lowest BCUT2D eigenvalue weighted by Crippen LogP contribution is -2.58. The van der Waals surface area contributed by atoms with Crippen molar-refractivity contribution in [3.8, 4) is 0 Å². The third-order valence-electron chi connectivity index (χ3n) is 3.21. The molecule has 1 atom stereocenters. The van der Waals surface area contributed by atoms with Gasteiger partial charge in [-0.2, -0.15) is 0 Å². The number of hydrogen-bond acceptors (Lipinski definition) is 5. The zero-order valence-electron chi connectivity index (χ0n) is 11.0. The van der Waals surface area contributed by atoms with E-state index in [1.54, 1.807) is 13.0 Å². The molecule has 0 saturated carbocycles. The maximum absolute atomic E-state index is 12.2. The highest BCUT2D eigenvalue weighted by Crippen LogP contribution is 2.19. The summed E-state index contributed by atoms with van der Waals surface area (Å²) in [5.74, 6) is -0.215. The molecule has 1 fully saturated rings. The van der Waals surface area contributed by atoms with E-state index in [9.17, 15) is 9.59 Å². The number of carbonyl (C=O) groups excluding carboxylic acids is 2. The monoisotopic (exact) mass is 267 g/mol. The molecule has 19 heavy (non-hydrogen) atoms. The van der Waals surface area contributed by atoms with Gasteiger partial charge in [-0.25, -0.2) is 0 Å². The molecule has 2 heterocycles. The number of primary amides is 1. The van der Waals surface area contributed by atoms with Crippen LogP contribution >= 0.6 is 0 Å². The summed E-state index contributed by atoms with van der Waals surface area (Å²) in [7, 11) is 0. The molecule has 0 spiro atoms. The Kier molecular flexibility index (Phi) is 3.57. The maximum atomic E-state index is 12.2. The predicted molar refractivity (Wildman–Crippen MR) is 65.3 cm³/mol. The summed E-state index contributed by atoms with van der Waals surface area (Å²) < 4.78 is 10.4. The first-order valence-corrected chi connectivity index (χ1v) is 6.15. The van der Waals surface area contributed by atoms with E-state index in [2.05, 4.69) is 5.16 Å². The van der Waals surface area contributed by atoms with Crippen LogP contribution in [0.2, 0.25) is 0 Å². The van der Waals surface area contributed by atoms with Gasteiger partial charge >= 0.3 is 0 Å². The Morgan fingerprint density at radius 3 is 2.89 bits per heavy atom. The Hall–Kier alpha value is -1.89. The van der Waals surface area contributed by atoms with Gasteiger partial charge in [0.2, 0.25) is 0 Å². The van der Waals surface area contributed by atoms with E-state index in [0.29, 0.717) is 18.7 Å². The molecule has 1 aliphatic heterocycles. The van der Waals surface area contributed by atoms with Gasteiger partial charge in [0.1, 0.15) is 5.76 Å². The Labute approximate surface area is 110 Å². The number of amides is 2. The molecule has 1 aromatic rings. The highest BCUT2D eigenvalue weighted by molar-refractivity contribution is 5.93. The quantitative estimate of drug-likeness (QED) is 0.828. The zero-order valence-corrected chi connectivity index (χ0v) is 11.0. The number of nitrogens with two attached hydrogens (primary N) is 1. The lowest BCUT2D eigenvalue weighted by Gasteiger charge is -2.37. The molecule has 1 aromatic heterocycles. The van der Waals surface area contributed by atoms with E-state index in [4.69, 9.17) is 15.0 Å². The van der Waals surface area contributed by atoms with E-state index < -0.39 is 11.5 Å². The summed E-state index contributed by atoms with van der Waals surface area (Å²) in [5, 5.41) is 3.73. The molecule has 2 rings (SSSR count). The van der Waals surface area contributed by atoms with Gasteiger partial charge in [-0.05, 0) is 6.92 Å². The van der Waals surface area contributed by atoms with Crippen LogP contribution in [0.25, 0.3) is 0 Å². The molecule has 1 aliphatic rings. The molecule has 7 heteroatoms. The summed E-state index contributed by atoms with van der Waals surface area (Å²) in [6.45, 7) is 4.28. The second-order valence-electron chi connectivity index (χ2n) is 4.70. The van der Waals surface area contributed by atoms with Crippen molar-refractivity contribution in [1.29, 1.82) is 0 Å². The molecule has 0 bridgehead atoms. The fraction of sp³-hybridized carbons (Fsp3) is 0.583. The second kappa shape index (κ2) is 5.00. The fourth-order valence-electron chi connectivity index (χ4n) is 1.93. The second-order valence-corrected chi connectivity index (χ2v) is 4.70. The van der Waals surface area contributed by atoms with Crippen LogP contribution in [0, 0.1) is 0 Å². The minimum atomic E-state index is -1.15. The van der Waals surface area contributed by atoms with Gasteiger partial charge in [0, 0.05) is 19.0 Å². The highest BCUT2D eigenvalue weighted by Gasteiger charge is 2.39. The Bertz CT molecular complexity index is 499. The van der Waals surface area contributed by atoms with Gasteiger partial charge in [-0.1, -0.05) is 12.1 Å². The van der Waals surface area contributed by atoms with Crippen LogP contribution in [0.5, 0.6) is 0 Å². The molecular formula is C12H17N3O4. The lowest BCUT2D eigenvalue weighted by atomic mass is 10.0. The van der Waals surface area contributed by atoms with E-state index in [-0.39, 0.29) is 24.8 Å². The van der Waals surface area contributed by atoms with Crippen LogP contribution in [0.1, 0.15) is 30.1 Å². The van der Waals surface area contributed by atoms with Crippen LogP contribution in [0.4, 0.5) is 0 Å². The maximum Gasteiger partial charge on any atom is 0.276 e. The number of carbonyl (C=O) groups is 2. The topological polar surface area (TPSA) is 98.7 Å². The molecule has 2 N–H and O–H groups in total. The summed E-state index contributed by atoms with van der Waals surface area (Å²) in [6.07, 6.45) is 0.669. The van der Waals surface area contributed by atoms with E-state index in [1.165, 1.54) is 4.90 Å². The van der Waals surface area contributed by atoms with Crippen molar-refractivity contribution in [2.24, 2.45) is 5.73 Å². The van der Waals surface area contributed by atoms with Crippen LogP contribution in [-0.4, -0.2) is 47.2 Å². The van der Waals surface area contributed by atoms with Crippen LogP contribution in [0.15, 0.2) is 10.6 Å². The van der Waals surface area contributed by atoms with Crippen molar-refractivity contribution >= 4 is 11.8 Å². The van der Waals surface area contributed by atoms with Crippen molar-refractivity contribution < 1.29 is 18.8 Å². The molecule has 0 aromatic carbocycles. The third-order valence-corrected chi connectivity index (χ3v) is 3.21. The van der Waals surface area contributed by atoms with Gasteiger partial charge < -0.3 is 19.9 Å². The predicted octanol–water partition coefficient (Wildman–Crippen LogP) is -0.0466. The minimum absolute atomic E-state index is 0.121. The van der Waals surface area contributed by atoms with Crippen molar-refractivity contribution in [1.82, 2.24) is 10.1 Å². The third kappa shape index (κ3) is 2.60. The van der Waals surface area contributed by atoms with Crippen molar-refractivity contribution in [3.63, 3.8) is 0 Å². The van der Waals surface area contributed by atoms with Crippen molar-refractivity contribution in [3.05, 3.63) is 17.5 Å². The summed E-state index contributed by atoms with van der Waals surface area (Å²) >= 11 is 0. The smallest absolute Gasteiger partial charge is 0.276 e. The number of aromatic nitrogens is 1. The highest BCUT2D eigenvalue weighted by atomic mass is 16.5. The molecular weight excluding hydrogens is 250 g/mol. The van der Waals surface area contributed by atoms with E-state index >= 15 is 0 Å². The summed E-state index contributed by atoms with van der Waals surface area (Å²) in [6, 6.07) is 1.61. The summed E-state index contributed by atoms with van der Waals surface area (Å²) in [5.41, 5.74) is 4.39. The molecule has 2 amide bonds. The van der Waals surface area contributed by atoms with Crippen molar-refractivity contribution in [2.75, 3.05) is 19.7 Å².